The molecule has 8 heteroatoms. The van der Waals surface area contributed by atoms with Gasteiger partial charge >= 0.3 is 5.92 Å². The first-order chi connectivity index (χ1) is 12.7. The normalized spacial score (nSPS) is 37.0. The lowest BCUT2D eigenvalue weighted by Crippen LogP contribution is -2.50. The summed E-state index contributed by atoms with van der Waals surface area (Å²) in [4.78, 5) is 29.9. The number of amides is 2. The summed E-state index contributed by atoms with van der Waals surface area (Å²) in [5.41, 5.74) is 0. The number of hydrogen-bond acceptors (Lipinski definition) is 4. The van der Waals surface area contributed by atoms with Gasteiger partial charge < -0.3 is 10.2 Å². The molecule has 150 valence electrons. The zero-order valence-corrected chi connectivity index (χ0v) is 16.7. The van der Waals surface area contributed by atoms with Gasteiger partial charge in [-0.2, -0.15) is 13.8 Å². The molecule has 0 aromatic heterocycles. The van der Waals surface area contributed by atoms with Crippen molar-refractivity contribution in [2.75, 3.05) is 13.1 Å². The molecular formula is C19H27F2N3O2S. The van der Waals surface area contributed by atoms with Gasteiger partial charge in [0, 0.05) is 26.1 Å². The van der Waals surface area contributed by atoms with Gasteiger partial charge in [-0.25, -0.2) is 0 Å². The zero-order chi connectivity index (χ0) is 19.4. The maximum atomic E-state index is 13.3. The lowest BCUT2D eigenvalue weighted by atomic mass is 9.84. The minimum atomic E-state index is -3.34. The Hall–Kier alpha value is -1.18. The second-order valence-electron chi connectivity index (χ2n) is 8.81. The van der Waals surface area contributed by atoms with Gasteiger partial charge in [0.25, 0.3) is 11.8 Å². The highest BCUT2D eigenvalue weighted by atomic mass is 32.2. The highest BCUT2D eigenvalue weighted by Gasteiger charge is 2.50. The van der Waals surface area contributed by atoms with E-state index in [4.69, 9.17) is 0 Å². The van der Waals surface area contributed by atoms with Crippen molar-refractivity contribution in [1.82, 2.24) is 10.2 Å². The van der Waals surface area contributed by atoms with Crippen molar-refractivity contribution in [2.45, 2.75) is 69.1 Å². The Morgan fingerprint density at radius 3 is 2.52 bits per heavy atom. The summed E-state index contributed by atoms with van der Waals surface area (Å²) in [5.74, 6) is -3.04. The second-order valence-corrected chi connectivity index (χ2v) is 10.3. The maximum Gasteiger partial charge on any atom is 0.322 e. The number of likely N-dealkylation sites (tertiary alicyclic amines) is 1. The summed E-state index contributed by atoms with van der Waals surface area (Å²) in [6.45, 7) is 3.09. The van der Waals surface area contributed by atoms with Gasteiger partial charge in [-0.15, -0.1) is 0 Å². The SMILES string of the molecule is CC(F)(F)C(=O)N1CCC(C2(C)SC(N[C@H]3C[C@@H]4CCC3C4)=NC2=O)CC1. The number of alkyl halides is 2. The third-order valence-corrected chi connectivity index (χ3v) is 8.25. The number of fused-ring (bicyclic) bond motifs is 2. The molecule has 2 unspecified atom stereocenters. The molecule has 2 aliphatic heterocycles. The Bertz CT molecular complexity index is 672. The van der Waals surface area contributed by atoms with Crippen LogP contribution in [0.4, 0.5) is 8.78 Å². The van der Waals surface area contributed by atoms with Crippen LogP contribution in [0.25, 0.3) is 0 Å². The number of carbonyl (C=O) groups excluding carboxylic acids is 2. The summed E-state index contributed by atoms with van der Waals surface area (Å²) in [5, 5.41) is 4.23. The van der Waals surface area contributed by atoms with Crippen molar-refractivity contribution >= 4 is 28.7 Å². The molecule has 2 heterocycles. The Morgan fingerprint density at radius 1 is 1.26 bits per heavy atom. The number of piperidine rings is 1. The molecule has 4 atom stereocenters. The van der Waals surface area contributed by atoms with Gasteiger partial charge in [0.15, 0.2) is 5.17 Å². The molecule has 1 saturated heterocycles. The van der Waals surface area contributed by atoms with Crippen molar-refractivity contribution in [3.63, 3.8) is 0 Å². The Labute approximate surface area is 162 Å². The average molecular weight is 400 g/mol. The number of thioether (sulfide) groups is 1. The van der Waals surface area contributed by atoms with Crippen LogP contribution in [0.5, 0.6) is 0 Å². The van der Waals surface area contributed by atoms with Crippen LogP contribution in [-0.4, -0.2) is 51.7 Å². The largest absolute Gasteiger partial charge is 0.361 e. The van der Waals surface area contributed by atoms with E-state index >= 15 is 0 Å². The van der Waals surface area contributed by atoms with Crippen molar-refractivity contribution in [3.8, 4) is 0 Å². The number of hydrogen-bond donors (Lipinski definition) is 1. The molecule has 4 rings (SSSR count). The van der Waals surface area contributed by atoms with Gasteiger partial charge in [-0.3, -0.25) is 9.59 Å². The number of aliphatic imine (C=N–C) groups is 1. The van der Waals surface area contributed by atoms with E-state index in [0.717, 1.165) is 11.1 Å². The fourth-order valence-corrected chi connectivity index (χ4v) is 6.56. The molecule has 2 aliphatic carbocycles. The summed E-state index contributed by atoms with van der Waals surface area (Å²) in [7, 11) is 0. The maximum absolute atomic E-state index is 13.3. The summed E-state index contributed by atoms with van der Waals surface area (Å²) in [6.07, 6.45) is 6.14. The molecule has 0 aromatic carbocycles. The van der Waals surface area contributed by atoms with E-state index in [1.807, 2.05) is 6.92 Å². The molecule has 3 fully saturated rings. The van der Waals surface area contributed by atoms with Crippen molar-refractivity contribution in [3.05, 3.63) is 0 Å². The quantitative estimate of drug-likeness (QED) is 0.792. The molecule has 0 spiro atoms. The Morgan fingerprint density at radius 2 is 1.96 bits per heavy atom. The predicted molar refractivity (Wildman–Crippen MR) is 101 cm³/mol. The van der Waals surface area contributed by atoms with Gasteiger partial charge in [-0.1, -0.05) is 18.2 Å². The second kappa shape index (κ2) is 6.71. The van der Waals surface area contributed by atoms with Gasteiger partial charge in [0.05, 0.1) is 0 Å². The van der Waals surface area contributed by atoms with E-state index in [1.165, 1.54) is 42.3 Å². The number of nitrogens with one attached hydrogen (secondary N) is 1. The van der Waals surface area contributed by atoms with E-state index in [2.05, 4.69) is 10.3 Å². The number of rotatable bonds is 3. The van der Waals surface area contributed by atoms with Crippen LogP contribution in [0.3, 0.4) is 0 Å². The van der Waals surface area contributed by atoms with E-state index in [1.54, 1.807) is 0 Å². The topological polar surface area (TPSA) is 61.8 Å². The summed E-state index contributed by atoms with van der Waals surface area (Å²) >= 11 is 1.49. The van der Waals surface area contributed by atoms with E-state index in [-0.39, 0.29) is 24.9 Å². The molecule has 2 bridgehead atoms. The number of nitrogens with zero attached hydrogens (tertiary/aromatic N) is 2. The molecule has 4 aliphatic rings. The summed E-state index contributed by atoms with van der Waals surface area (Å²) in [6, 6.07) is 0.427. The third kappa shape index (κ3) is 3.49. The van der Waals surface area contributed by atoms with Crippen LogP contribution in [0.2, 0.25) is 0 Å². The van der Waals surface area contributed by atoms with E-state index in [9.17, 15) is 18.4 Å². The first kappa shape index (κ1) is 19.2. The Balaban J connectivity index is 1.34. The van der Waals surface area contributed by atoms with Crippen LogP contribution >= 0.6 is 11.8 Å². The smallest absolute Gasteiger partial charge is 0.322 e. The minimum Gasteiger partial charge on any atom is -0.361 e. The first-order valence-corrected chi connectivity index (χ1v) is 10.7. The molecule has 2 amide bonds. The van der Waals surface area contributed by atoms with Gasteiger partial charge in [0.2, 0.25) is 0 Å². The fraction of sp³-hybridized carbons (Fsp3) is 0.842. The van der Waals surface area contributed by atoms with Crippen LogP contribution < -0.4 is 5.32 Å². The first-order valence-electron chi connectivity index (χ1n) is 9.92. The molecule has 0 aromatic rings. The van der Waals surface area contributed by atoms with Gasteiger partial charge in [0.1, 0.15) is 4.75 Å². The van der Waals surface area contributed by atoms with Crippen LogP contribution in [-0.2, 0) is 9.59 Å². The standard InChI is InChI=1S/C19H27F2N3O2S/c1-18(13-5-7-24(8-6-13)16(26)19(2,20)21)15(25)23-17(27-18)22-14-10-11-3-4-12(14)9-11/h11-14H,3-10H2,1-2H3,(H,22,23,25)/t11-,12?,14+,18?/m1/s1. The van der Waals surface area contributed by atoms with Gasteiger partial charge in [-0.05, 0) is 56.8 Å². The van der Waals surface area contributed by atoms with Crippen molar-refractivity contribution < 1.29 is 18.4 Å². The molecule has 5 nitrogen and oxygen atoms in total. The van der Waals surface area contributed by atoms with Crippen LogP contribution in [0.1, 0.15) is 52.4 Å². The molecule has 1 N–H and O–H groups in total. The lowest BCUT2D eigenvalue weighted by Gasteiger charge is -2.39. The average Bonchev–Trinajstić information content (AvgIpc) is 3.29. The molecular weight excluding hydrogens is 372 g/mol. The number of halogens is 2. The predicted octanol–water partition coefficient (Wildman–Crippen LogP) is 3.05. The Kier molecular flexibility index (Phi) is 4.76. The fourth-order valence-electron chi connectivity index (χ4n) is 5.28. The zero-order valence-electron chi connectivity index (χ0n) is 15.8. The van der Waals surface area contributed by atoms with Crippen molar-refractivity contribution in [2.24, 2.45) is 22.7 Å². The van der Waals surface area contributed by atoms with Crippen LogP contribution in [0, 0.1) is 17.8 Å². The lowest BCUT2D eigenvalue weighted by molar-refractivity contribution is -0.156. The molecule has 27 heavy (non-hydrogen) atoms. The van der Waals surface area contributed by atoms with Crippen LogP contribution in [0.15, 0.2) is 4.99 Å². The monoisotopic (exact) mass is 399 g/mol. The number of amidine groups is 1. The summed E-state index contributed by atoms with van der Waals surface area (Å²) < 4.78 is 25.9. The number of carbonyl (C=O) groups is 2. The van der Waals surface area contributed by atoms with E-state index in [0.29, 0.717) is 31.7 Å². The third-order valence-electron chi connectivity index (χ3n) is 6.92. The van der Waals surface area contributed by atoms with Crippen molar-refractivity contribution in [1.29, 1.82) is 0 Å². The van der Waals surface area contributed by atoms with E-state index < -0.39 is 16.6 Å². The minimum absolute atomic E-state index is 0.0348. The highest BCUT2D eigenvalue weighted by Crippen LogP contribution is 2.47. The highest BCUT2D eigenvalue weighted by molar-refractivity contribution is 8.16. The molecule has 0 radical (unpaired) electrons. The molecule has 2 saturated carbocycles.